The molecule has 1 aromatic carbocycles. The van der Waals surface area contributed by atoms with Crippen molar-refractivity contribution in [3.63, 3.8) is 0 Å². The Bertz CT molecular complexity index is 625. The first kappa shape index (κ1) is 14.6. The van der Waals surface area contributed by atoms with Crippen LogP contribution in [0.1, 0.15) is 16.8 Å². The maximum absolute atomic E-state index is 12.5. The van der Waals surface area contributed by atoms with E-state index < -0.39 is 9.84 Å². The molecule has 1 fully saturated rings. The van der Waals surface area contributed by atoms with Crippen LogP contribution in [0, 0.1) is 0 Å². The Kier molecular flexibility index (Phi) is 4.13. The molecule has 0 bridgehead atoms. The highest BCUT2D eigenvalue weighted by molar-refractivity contribution is 7.91. The van der Waals surface area contributed by atoms with Gasteiger partial charge in [0, 0.05) is 23.8 Å². The molecule has 1 unspecified atom stereocenters. The minimum atomic E-state index is -3.04. The van der Waals surface area contributed by atoms with Crippen LogP contribution < -0.4 is 5.73 Å². The third-order valence-electron chi connectivity index (χ3n) is 3.37. The van der Waals surface area contributed by atoms with Gasteiger partial charge in [0.05, 0.1) is 11.5 Å². The molecule has 20 heavy (non-hydrogen) atoms. The van der Waals surface area contributed by atoms with Gasteiger partial charge in [0.25, 0.3) is 5.91 Å². The SMILES string of the molecule is C=CCN(C(=O)c1cccc(N)c1)C1CCS(=O)(=O)C1. The quantitative estimate of drug-likeness (QED) is 0.665. The van der Waals surface area contributed by atoms with E-state index in [2.05, 4.69) is 6.58 Å². The number of benzene rings is 1. The molecule has 1 aliphatic rings. The van der Waals surface area contributed by atoms with Crippen LogP contribution in [0.2, 0.25) is 0 Å². The molecule has 1 aliphatic heterocycles. The van der Waals surface area contributed by atoms with E-state index in [1.807, 2.05) is 0 Å². The van der Waals surface area contributed by atoms with Gasteiger partial charge >= 0.3 is 0 Å². The Morgan fingerprint density at radius 1 is 1.50 bits per heavy atom. The van der Waals surface area contributed by atoms with Crippen molar-refractivity contribution in [2.24, 2.45) is 0 Å². The molecule has 108 valence electrons. The van der Waals surface area contributed by atoms with E-state index in [0.717, 1.165) is 0 Å². The van der Waals surface area contributed by atoms with E-state index in [1.165, 1.54) is 0 Å². The van der Waals surface area contributed by atoms with Crippen molar-refractivity contribution in [1.82, 2.24) is 4.90 Å². The zero-order valence-electron chi connectivity index (χ0n) is 11.2. The topological polar surface area (TPSA) is 80.5 Å². The standard InChI is InChI=1S/C14H18N2O3S/c1-2-7-16(13-6-8-20(18,19)10-13)14(17)11-4-3-5-12(15)9-11/h2-5,9,13H,1,6-8,10,15H2. The van der Waals surface area contributed by atoms with Crippen molar-refractivity contribution in [3.8, 4) is 0 Å². The van der Waals surface area contributed by atoms with E-state index in [-0.39, 0.29) is 23.5 Å². The number of nitrogens with two attached hydrogens (primary N) is 1. The second-order valence-corrected chi connectivity index (χ2v) is 7.16. The fourth-order valence-electron chi connectivity index (χ4n) is 2.40. The summed E-state index contributed by atoms with van der Waals surface area (Å²) in [7, 11) is -3.04. The number of rotatable bonds is 4. The van der Waals surface area contributed by atoms with Crippen LogP contribution in [0.5, 0.6) is 0 Å². The molecule has 0 radical (unpaired) electrons. The number of carbonyl (C=O) groups is 1. The van der Waals surface area contributed by atoms with Gasteiger partial charge in [-0.1, -0.05) is 12.1 Å². The van der Waals surface area contributed by atoms with Crippen LogP contribution in [-0.2, 0) is 9.84 Å². The summed E-state index contributed by atoms with van der Waals surface area (Å²) in [5, 5.41) is 0. The summed E-state index contributed by atoms with van der Waals surface area (Å²) in [5.74, 6) is -0.0518. The van der Waals surface area contributed by atoms with E-state index in [0.29, 0.717) is 24.2 Å². The number of amides is 1. The van der Waals surface area contributed by atoms with Crippen LogP contribution in [0.25, 0.3) is 0 Å². The van der Waals surface area contributed by atoms with E-state index in [1.54, 1.807) is 35.2 Å². The lowest BCUT2D eigenvalue weighted by molar-refractivity contribution is 0.0720. The Labute approximate surface area is 119 Å². The third kappa shape index (κ3) is 3.19. The minimum absolute atomic E-state index is 0.0227. The molecule has 6 heteroatoms. The smallest absolute Gasteiger partial charge is 0.254 e. The second-order valence-electron chi connectivity index (χ2n) is 4.93. The summed E-state index contributed by atoms with van der Waals surface area (Å²) in [5.41, 5.74) is 6.66. The summed E-state index contributed by atoms with van der Waals surface area (Å²) >= 11 is 0. The van der Waals surface area contributed by atoms with Crippen molar-refractivity contribution in [3.05, 3.63) is 42.5 Å². The molecule has 5 nitrogen and oxygen atoms in total. The lowest BCUT2D eigenvalue weighted by Gasteiger charge is -2.27. The molecule has 0 saturated carbocycles. The number of nitrogen functional groups attached to an aromatic ring is 1. The van der Waals surface area contributed by atoms with Gasteiger partial charge in [-0.15, -0.1) is 6.58 Å². The summed E-state index contributed by atoms with van der Waals surface area (Å²) in [4.78, 5) is 14.1. The summed E-state index contributed by atoms with van der Waals surface area (Å²) in [6, 6.07) is 6.40. The van der Waals surface area contributed by atoms with E-state index >= 15 is 0 Å². The van der Waals surface area contributed by atoms with Crippen LogP contribution in [0.15, 0.2) is 36.9 Å². The highest BCUT2D eigenvalue weighted by Crippen LogP contribution is 2.20. The van der Waals surface area contributed by atoms with Gasteiger partial charge in [0.2, 0.25) is 0 Å². The van der Waals surface area contributed by atoms with Gasteiger partial charge in [-0.05, 0) is 24.6 Å². The van der Waals surface area contributed by atoms with Crippen molar-refractivity contribution in [2.45, 2.75) is 12.5 Å². The van der Waals surface area contributed by atoms with Gasteiger partial charge in [-0.2, -0.15) is 0 Å². The number of anilines is 1. The van der Waals surface area contributed by atoms with Crippen LogP contribution in [0.3, 0.4) is 0 Å². The van der Waals surface area contributed by atoms with Gasteiger partial charge in [-0.25, -0.2) is 8.42 Å². The summed E-state index contributed by atoms with van der Waals surface area (Å²) in [6.45, 7) is 3.96. The Morgan fingerprint density at radius 3 is 2.80 bits per heavy atom. The van der Waals surface area contributed by atoms with Crippen molar-refractivity contribution in [1.29, 1.82) is 0 Å². The van der Waals surface area contributed by atoms with Gasteiger partial charge in [0.15, 0.2) is 9.84 Å². The summed E-state index contributed by atoms with van der Waals surface area (Å²) < 4.78 is 23.2. The number of nitrogens with zero attached hydrogens (tertiary/aromatic N) is 1. The lowest BCUT2D eigenvalue weighted by Crippen LogP contribution is -2.41. The summed E-state index contributed by atoms with van der Waals surface area (Å²) in [6.07, 6.45) is 2.08. The maximum atomic E-state index is 12.5. The zero-order valence-corrected chi connectivity index (χ0v) is 12.0. The molecule has 2 N–H and O–H groups in total. The fraction of sp³-hybridized carbons (Fsp3) is 0.357. The minimum Gasteiger partial charge on any atom is -0.399 e. The highest BCUT2D eigenvalue weighted by Gasteiger charge is 2.34. The number of carbonyl (C=O) groups excluding carboxylic acids is 1. The van der Waals surface area contributed by atoms with Crippen LogP contribution in [0.4, 0.5) is 5.69 Å². The zero-order chi connectivity index (χ0) is 14.8. The Hall–Kier alpha value is -1.82. The first-order valence-electron chi connectivity index (χ1n) is 6.41. The van der Waals surface area contributed by atoms with E-state index in [4.69, 9.17) is 5.73 Å². The first-order valence-corrected chi connectivity index (χ1v) is 8.23. The molecule has 1 heterocycles. The van der Waals surface area contributed by atoms with E-state index in [9.17, 15) is 13.2 Å². The largest absolute Gasteiger partial charge is 0.399 e. The Balaban J connectivity index is 2.25. The van der Waals surface area contributed by atoms with Crippen molar-refractivity contribution < 1.29 is 13.2 Å². The van der Waals surface area contributed by atoms with Crippen molar-refractivity contribution in [2.75, 3.05) is 23.8 Å². The molecule has 1 saturated heterocycles. The molecular weight excluding hydrogens is 276 g/mol. The molecule has 1 atom stereocenters. The third-order valence-corrected chi connectivity index (χ3v) is 5.12. The molecule has 0 aromatic heterocycles. The second kappa shape index (κ2) is 5.66. The molecule has 0 spiro atoms. The fourth-order valence-corrected chi connectivity index (χ4v) is 4.13. The van der Waals surface area contributed by atoms with Crippen molar-refractivity contribution >= 4 is 21.4 Å². The average Bonchev–Trinajstić information content (AvgIpc) is 2.75. The predicted octanol–water partition coefficient (Wildman–Crippen LogP) is 1.08. The Morgan fingerprint density at radius 2 is 2.25 bits per heavy atom. The molecule has 1 aromatic rings. The van der Waals surface area contributed by atoms with Gasteiger partial charge in [-0.3, -0.25) is 4.79 Å². The molecule has 0 aliphatic carbocycles. The van der Waals surface area contributed by atoms with Crippen LogP contribution in [-0.4, -0.2) is 43.3 Å². The first-order chi connectivity index (χ1) is 9.43. The maximum Gasteiger partial charge on any atom is 0.254 e. The lowest BCUT2D eigenvalue weighted by atomic mass is 10.1. The van der Waals surface area contributed by atoms with Crippen LogP contribution >= 0.6 is 0 Å². The number of hydrogen-bond acceptors (Lipinski definition) is 4. The molecule has 1 amide bonds. The highest BCUT2D eigenvalue weighted by atomic mass is 32.2. The number of sulfone groups is 1. The van der Waals surface area contributed by atoms with Gasteiger partial charge < -0.3 is 10.6 Å². The number of hydrogen-bond donors (Lipinski definition) is 1. The predicted molar refractivity (Wildman–Crippen MR) is 79.1 cm³/mol. The molecular formula is C14H18N2O3S. The monoisotopic (exact) mass is 294 g/mol. The van der Waals surface area contributed by atoms with Gasteiger partial charge in [0.1, 0.15) is 0 Å². The normalized spacial score (nSPS) is 20.5. The average molecular weight is 294 g/mol. The molecule has 2 rings (SSSR count).